The molecular formula is C23H23N3O3. The number of aliphatic hydroxyl groups excluding tert-OH is 1. The number of carbonyl (C=O) groups is 1. The van der Waals surface area contributed by atoms with E-state index in [0.717, 1.165) is 16.7 Å². The average molecular weight is 389 g/mol. The maximum absolute atomic E-state index is 12.8. The Labute approximate surface area is 169 Å². The quantitative estimate of drug-likeness (QED) is 0.699. The number of hydrogen-bond donors (Lipinski definition) is 2. The molecule has 29 heavy (non-hydrogen) atoms. The zero-order chi connectivity index (χ0) is 20.4. The van der Waals surface area contributed by atoms with Crippen molar-refractivity contribution in [1.82, 2.24) is 15.5 Å². The van der Waals surface area contributed by atoms with Gasteiger partial charge in [0.2, 0.25) is 5.88 Å². The number of nitrogens with one attached hydrogen (secondary N) is 1. The number of hydrogen-bond acceptors (Lipinski definition) is 5. The van der Waals surface area contributed by atoms with Crippen LogP contribution in [0.3, 0.4) is 0 Å². The highest BCUT2D eigenvalue weighted by molar-refractivity contribution is 5.95. The van der Waals surface area contributed by atoms with Crippen LogP contribution in [0.4, 0.5) is 0 Å². The lowest BCUT2D eigenvalue weighted by atomic mass is 10.1. The van der Waals surface area contributed by atoms with Gasteiger partial charge in [0.25, 0.3) is 5.91 Å². The van der Waals surface area contributed by atoms with Crippen LogP contribution in [0.2, 0.25) is 0 Å². The molecule has 2 atom stereocenters. The lowest BCUT2D eigenvalue weighted by Crippen LogP contribution is -2.33. The van der Waals surface area contributed by atoms with Crippen molar-refractivity contribution in [1.29, 1.82) is 0 Å². The Morgan fingerprint density at radius 1 is 1.10 bits per heavy atom. The Bertz CT molecular complexity index is 1020. The van der Waals surface area contributed by atoms with Crippen LogP contribution in [0, 0.1) is 0 Å². The van der Waals surface area contributed by atoms with Gasteiger partial charge in [0.1, 0.15) is 0 Å². The number of aromatic nitrogens is 2. The highest BCUT2D eigenvalue weighted by Gasteiger charge is 2.32. The van der Waals surface area contributed by atoms with Crippen LogP contribution in [0.15, 0.2) is 60.7 Å². The topological polar surface area (TPSA) is 84.3 Å². The van der Waals surface area contributed by atoms with E-state index < -0.39 is 12.1 Å². The second kappa shape index (κ2) is 8.01. The molecule has 2 N–H and O–H groups in total. The Balaban J connectivity index is 1.52. The smallest absolute Gasteiger partial charge is 0.251 e. The minimum Gasteiger partial charge on any atom is -0.474 e. The Morgan fingerprint density at radius 3 is 2.69 bits per heavy atom. The first-order chi connectivity index (χ1) is 14.0. The first-order valence-corrected chi connectivity index (χ1v) is 9.69. The molecule has 3 aromatic rings. The standard InChI is InChI=1S/C23H23N3O3/c1-14(2)29-21-11-10-19(25-26-21)16-7-5-8-17(12-16)23(28)24-22-18-9-4-3-6-15(18)13-20(22)27/h3-12,14,20,22,27H,13H2,1-2H3,(H,24,28). The third kappa shape index (κ3) is 4.12. The van der Waals surface area contributed by atoms with Crippen molar-refractivity contribution >= 4 is 5.91 Å². The summed E-state index contributed by atoms with van der Waals surface area (Å²) < 4.78 is 5.52. The molecular weight excluding hydrogens is 366 g/mol. The fourth-order valence-corrected chi connectivity index (χ4v) is 3.57. The van der Waals surface area contributed by atoms with Crippen molar-refractivity contribution in [2.75, 3.05) is 0 Å². The van der Waals surface area contributed by atoms with Crippen molar-refractivity contribution in [3.05, 3.63) is 77.4 Å². The monoisotopic (exact) mass is 389 g/mol. The van der Waals surface area contributed by atoms with Gasteiger partial charge in [0, 0.05) is 23.6 Å². The zero-order valence-corrected chi connectivity index (χ0v) is 16.4. The van der Waals surface area contributed by atoms with Crippen LogP contribution in [0.1, 0.15) is 41.4 Å². The van der Waals surface area contributed by atoms with Crippen molar-refractivity contribution in [2.45, 2.75) is 38.5 Å². The summed E-state index contributed by atoms with van der Waals surface area (Å²) in [6, 6.07) is 18.2. The largest absolute Gasteiger partial charge is 0.474 e. The van der Waals surface area contributed by atoms with Gasteiger partial charge in [-0.25, -0.2) is 0 Å². The maximum Gasteiger partial charge on any atom is 0.251 e. The molecule has 0 spiro atoms. The minimum absolute atomic E-state index is 0.0262. The second-order valence-electron chi connectivity index (χ2n) is 7.43. The fraction of sp³-hybridized carbons (Fsp3) is 0.261. The molecule has 4 rings (SSSR count). The summed E-state index contributed by atoms with van der Waals surface area (Å²) in [5, 5.41) is 21.6. The number of rotatable bonds is 5. The van der Waals surface area contributed by atoms with Crippen molar-refractivity contribution in [3.63, 3.8) is 0 Å². The molecule has 0 saturated carbocycles. The maximum atomic E-state index is 12.8. The van der Waals surface area contributed by atoms with Crippen molar-refractivity contribution in [3.8, 4) is 17.1 Å². The summed E-state index contributed by atoms with van der Waals surface area (Å²) in [6.45, 7) is 3.86. The van der Waals surface area contributed by atoms with E-state index in [-0.39, 0.29) is 12.0 Å². The van der Waals surface area contributed by atoms with Crippen LogP contribution in [-0.4, -0.2) is 33.4 Å². The first kappa shape index (κ1) is 19.1. The third-order valence-corrected chi connectivity index (χ3v) is 4.91. The van der Waals surface area contributed by atoms with Gasteiger partial charge >= 0.3 is 0 Å². The van der Waals surface area contributed by atoms with E-state index in [2.05, 4.69) is 15.5 Å². The van der Waals surface area contributed by atoms with Crippen molar-refractivity contribution in [2.24, 2.45) is 0 Å². The fourth-order valence-electron chi connectivity index (χ4n) is 3.57. The van der Waals surface area contributed by atoms with Crippen LogP contribution in [0.5, 0.6) is 5.88 Å². The van der Waals surface area contributed by atoms with E-state index in [1.54, 1.807) is 18.2 Å². The molecule has 6 heteroatoms. The van der Waals surface area contributed by atoms with Gasteiger partial charge in [-0.3, -0.25) is 4.79 Å². The molecule has 1 aliphatic rings. The summed E-state index contributed by atoms with van der Waals surface area (Å²) in [5.74, 6) is 0.229. The van der Waals surface area contributed by atoms with E-state index in [4.69, 9.17) is 4.74 Å². The van der Waals surface area contributed by atoms with E-state index in [1.165, 1.54) is 0 Å². The Morgan fingerprint density at radius 2 is 1.93 bits per heavy atom. The molecule has 6 nitrogen and oxygen atoms in total. The summed E-state index contributed by atoms with van der Waals surface area (Å²) in [5.41, 5.74) is 3.98. The number of carbonyl (C=O) groups excluding carboxylic acids is 1. The zero-order valence-electron chi connectivity index (χ0n) is 16.4. The molecule has 0 aliphatic heterocycles. The second-order valence-corrected chi connectivity index (χ2v) is 7.43. The normalized spacial score (nSPS) is 17.8. The third-order valence-electron chi connectivity index (χ3n) is 4.91. The number of benzene rings is 2. The number of aliphatic hydroxyl groups is 1. The minimum atomic E-state index is -0.626. The molecule has 1 amide bonds. The Kier molecular flexibility index (Phi) is 5.27. The van der Waals surface area contributed by atoms with Gasteiger partial charge in [-0.1, -0.05) is 36.4 Å². The van der Waals surface area contributed by atoms with E-state index in [0.29, 0.717) is 23.6 Å². The molecule has 0 radical (unpaired) electrons. The lowest BCUT2D eigenvalue weighted by Gasteiger charge is -2.18. The molecule has 148 valence electrons. The SMILES string of the molecule is CC(C)Oc1ccc(-c2cccc(C(=O)NC3c4ccccc4CC3O)c2)nn1. The van der Waals surface area contributed by atoms with E-state index in [9.17, 15) is 9.90 Å². The van der Waals surface area contributed by atoms with Gasteiger partial charge < -0.3 is 15.2 Å². The molecule has 2 unspecified atom stereocenters. The van der Waals surface area contributed by atoms with E-state index >= 15 is 0 Å². The molecule has 1 aliphatic carbocycles. The predicted octanol–water partition coefficient (Wildman–Crippen LogP) is 3.32. The molecule has 0 saturated heterocycles. The number of nitrogens with zero attached hydrogens (tertiary/aromatic N) is 2. The van der Waals surface area contributed by atoms with Gasteiger partial charge in [0.15, 0.2) is 0 Å². The Hall–Kier alpha value is -3.25. The van der Waals surface area contributed by atoms with Crippen LogP contribution in [0.25, 0.3) is 11.3 Å². The number of fused-ring (bicyclic) bond motifs is 1. The molecule has 0 fully saturated rings. The summed E-state index contributed by atoms with van der Waals surface area (Å²) >= 11 is 0. The highest BCUT2D eigenvalue weighted by atomic mass is 16.5. The highest BCUT2D eigenvalue weighted by Crippen LogP contribution is 2.31. The van der Waals surface area contributed by atoms with E-state index in [1.807, 2.05) is 56.3 Å². The van der Waals surface area contributed by atoms with Gasteiger partial charge in [-0.05, 0) is 43.2 Å². The van der Waals surface area contributed by atoms with Crippen LogP contribution in [-0.2, 0) is 6.42 Å². The molecule has 1 aromatic heterocycles. The average Bonchev–Trinajstić information content (AvgIpc) is 3.03. The number of ether oxygens (including phenoxy) is 1. The molecule has 1 heterocycles. The van der Waals surface area contributed by atoms with Crippen LogP contribution >= 0.6 is 0 Å². The molecule has 2 aromatic carbocycles. The van der Waals surface area contributed by atoms with Gasteiger partial charge in [0.05, 0.1) is 23.9 Å². The lowest BCUT2D eigenvalue weighted by molar-refractivity contribution is 0.0858. The van der Waals surface area contributed by atoms with Gasteiger partial charge in [-0.2, -0.15) is 0 Å². The number of amides is 1. The summed E-state index contributed by atoms with van der Waals surface area (Å²) in [4.78, 5) is 12.8. The van der Waals surface area contributed by atoms with Crippen LogP contribution < -0.4 is 10.1 Å². The predicted molar refractivity (Wildman–Crippen MR) is 110 cm³/mol. The molecule has 0 bridgehead atoms. The van der Waals surface area contributed by atoms with Gasteiger partial charge in [-0.15, -0.1) is 10.2 Å². The van der Waals surface area contributed by atoms with Crippen molar-refractivity contribution < 1.29 is 14.6 Å². The first-order valence-electron chi connectivity index (χ1n) is 9.69. The summed E-state index contributed by atoms with van der Waals surface area (Å²) in [7, 11) is 0. The summed E-state index contributed by atoms with van der Waals surface area (Å²) in [6.07, 6.45) is -0.0567.